The topological polar surface area (TPSA) is 107 Å². The van der Waals surface area contributed by atoms with Crippen LogP contribution in [0.1, 0.15) is 13.3 Å². The number of carbonyl (C=O) groups is 1. The zero-order chi connectivity index (χ0) is 22.8. The molecule has 13 heteroatoms. The zero-order valence-electron chi connectivity index (χ0n) is 16.7. The van der Waals surface area contributed by atoms with E-state index in [0.717, 1.165) is 7.11 Å². The van der Waals surface area contributed by atoms with Gasteiger partial charge in [0.25, 0.3) is 11.8 Å². The number of rotatable bonds is 9. The van der Waals surface area contributed by atoms with Gasteiger partial charge in [-0.3, -0.25) is 9.78 Å². The van der Waals surface area contributed by atoms with Gasteiger partial charge in [-0.05, 0) is 19.1 Å². The lowest BCUT2D eigenvalue weighted by Gasteiger charge is -2.20. The van der Waals surface area contributed by atoms with Crippen molar-refractivity contribution in [3.05, 3.63) is 35.9 Å². The molecule has 2 heterocycles. The lowest BCUT2D eigenvalue weighted by molar-refractivity contribution is -0.112. The highest BCUT2D eigenvalue weighted by Gasteiger charge is 2.58. The number of hydrogen-bond donors (Lipinski definition) is 0. The Hall–Kier alpha value is -2.60. The van der Waals surface area contributed by atoms with Gasteiger partial charge in [0, 0.05) is 25.1 Å². The van der Waals surface area contributed by atoms with Crippen LogP contribution in [0.25, 0.3) is 5.69 Å². The second-order valence-corrected chi connectivity index (χ2v) is 9.41. The number of oxime groups is 1. The molecule has 1 aliphatic carbocycles. The van der Waals surface area contributed by atoms with Crippen LogP contribution in [0.15, 0.2) is 35.9 Å². The number of hydrogen-bond acceptors (Lipinski definition) is 7. The quantitative estimate of drug-likeness (QED) is 0.407. The van der Waals surface area contributed by atoms with Gasteiger partial charge in [-0.2, -0.15) is 5.10 Å². The molecule has 2 aromatic rings. The van der Waals surface area contributed by atoms with Gasteiger partial charge >= 0.3 is 0 Å². The monoisotopic (exact) mass is 475 g/mol. The van der Waals surface area contributed by atoms with E-state index >= 15 is 0 Å². The summed E-state index contributed by atoms with van der Waals surface area (Å²) in [5.41, 5.74) is 0.365. The van der Waals surface area contributed by atoms with Crippen molar-refractivity contribution in [3.63, 3.8) is 0 Å². The highest BCUT2D eigenvalue weighted by Crippen LogP contribution is 2.49. The zero-order valence-corrected chi connectivity index (χ0v) is 18.3. The van der Waals surface area contributed by atoms with E-state index in [2.05, 4.69) is 20.1 Å². The van der Waals surface area contributed by atoms with Crippen LogP contribution >= 0.6 is 11.6 Å². The van der Waals surface area contributed by atoms with Crippen molar-refractivity contribution in [2.24, 2.45) is 11.1 Å². The Morgan fingerprint density at radius 1 is 1.48 bits per heavy atom. The molecule has 31 heavy (non-hydrogen) atoms. The molecule has 1 amide bonds. The molecular formula is C18H20ClF2N5O4S. The second kappa shape index (κ2) is 8.87. The first-order chi connectivity index (χ1) is 14.6. The van der Waals surface area contributed by atoms with Gasteiger partial charge in [-0.1, -0.05) is 16.8 Å². The number of amides is 1. The van der Waals surface area contributed by atoms with Gasteiger partial charge in [-0.25, -0.2) is 21.9 Å². The molecule has 3 rings (SSSR count). The third-order valence-corrected chi connectivity index (χ3v) is 6.52. The maximum absolute atomic E-state index is 13.1. The van der Waals surface area contributed by atoms with E-state index in [-0.39, 0.29) is 17.4 Å². The molecule has 2 aromatic heterocycles. The van der Waals surface area contributed by atoms with Crippen LogP contribution in [-0.2, 0) is 19.5 Å². The first kappa shape index (κ1) is 23.1. The minimum atomic E-state index is -4.03. The van der Waals surface area contributed by atoms with E-state index in [1.54, 1.807) is 31.5 Å². The standard InChI is InChI=1S/C18H20ClF2N5O4S/c1-3-25(15-9-26(23-16(15)19)13-5-4-6-22-8-13)17(27)14(24-30-2)11-31(28,29)10-12-7-18(12,20)21/h4-6,8-9,12H,3,7,10-11H2,1-2H3. The fourth-order valence-corrected chi connectivity index (χ4v) is 4.90. The van der Waals surface area contributed by atoms with Gasteiger partial charge in [0.15, 0.2) is 20.7 Å². The Morgan fingerprint density at radius 2 is 2.19 bits per heavy atom. The SMILES string of the molecule is CCN(C(=O)C(CS(=O)(=O)CC1CC1(F)F)=NOC)c1cn(-c2cccnc2)nc1Cl. The summed E-state index contributed by atoms with van der Waals surface area (Å²) in [6, 6.07) is 3.43. The van der Waals surface area contributed by atoms with Crippen molar-refractivity contribution in [2.75, 3.05) is 30.1 Å². The van der Waals surface area contributed by atoms with Gasteiger partial charge in [-0.15, -0.1) is 0 Å². The van der Waals surface area contributed by atoms with Crippen LogP contribution in [0.3, 0.4) is 0 Å². The molecule has 0 bridgehead atoms. The molecule has 9 nitrogen and oxygen atoms in total. The van der Waals surface area contributed by atoms with Crippen molar-refractivity contribution < 1.29 is 26.8 Å². The van der Waals surface area contributed by atoms with Gasteiger partial charge in [0.1, 0.15) is 18.6 Å². The van der Waals surface area contributed by atoms with Crippen LogP contribution < -0.4 is 4.90 Å². The molecular weight excluding hydrogens is 456 g/mol. The molecule has 0 spiro atoms. The van der Waals surface area contributed by atoms with Crippen LogP contribution in [0.2, 0.25) is 5.15 Å². The van der Waals surface area contributed by atoms with Crippen molar-refractivity contribution in [1.82, 2.24) is 14.8 Å². The molecule has 1 saturated carbocycles. The van der Waals surface area contributed by atoms with E-state index in [1.165, 1.54) is 15.8 Å². The van der Waals surface area contributed by atoms with Crippen molar-refractivity contribution in [1.29, 1.82) is 0 Å². The minimum Gasteiger partial charge on any atom is -0.399 e. The van der Waals surface area contributed by atoms with Crippen molar-refractivity contribution in [3.8, 4) is 5.69 Å². The van der Waals surface area contributed by atoms with Crippen molar-refractivity contribution in [2.45, 2.75) is 19.3 Å². The summed E-state index contributed by atoms with van der Waals surface area (Å²) in [7, 11) is -2.88. The summed E-state index contributed by atoms with van der Waals surface area (Å²) in [5.74, 6) is -6.59. The maximum Gasteiger partial charge on any atom is 0.277 e. The van der Waals surface area contributed by atoms with Crippen LogP contribution in [-0.4, -0.2) is 65.9 Å². The van der Waals surface area contributed by atoms with Gasteiger partial charge < -0.3 is 9.74 Å². The molecule has 0 aliphatic heterocycles. The highest BCUT2D eigenvalue weighted by atomic mass is 35.5. The number of alkyl halides is 2. The average molecular weight is 476 g/mol. The Morgan fingerprint density at radius 3 is 2.74 bits per heavy atom. The van der Waals surface area contributed by atoms with E-state index in [4.69, 9.17) is 11.6 Å². The van der Waals surface area contributed by atoms with E-state index in [1.807, 2.05) is 0 Å². The van der Waals surface area contributed by atoms with Crippen LogP contribution in [0.5, 0.6) is 0 Å². The molecule has 168 valence electrons. The molecule has 0 radical (unpaired) electrons. The van der Waals surface area contributed by atoms with E-state index < -0.39 is 51.2 Å². The number of halogens is 3. The van der Waals surface area contributed by atoms with Crippen LogP contribution in [0.4, 0.5) is 14.5 Å². The van der Waals surface area contributed by atoms with Crippen molar-refractivity contribution >= 4 is 38.7 Å². The summed E-state index contributed by atoms with van der Waals surface area (Å²) in [6.07, 6.45) is 4.14. The summed E-state index contributed by atoms with van der Waals surface area (Å²) >= 11 is 6.22. The Bertz CT molecular complexity index is 1090. The summed E-state index contributed by atoms with van der Waals surface area (Å²) in [6.45, 7) is 1.76. The fraction of sp³-hybridized carbons (Fsp3) is 0.444. The highest BCUT2D eigenvalue weighted by molar-refractivity contribution is 7.92. The molecule has 1 unspecified atom stereocenters. The molecule has 0 aromatic carbocycles. The summed E-state index contributed by atoms with van der Waals surface area (Å²) in [4.78, 5) is 22.9. The molecule has 1 atom stereocenters. The van der Waals surface area contributed by atoms with E-state index in [9.17, 15) is 22.0 Å². The average Bonchev–Trinajstić information content (AvgIpc) is 3.11. The third kappa shape index (κ3) is 5.37. The Kier molecular flexibility index (Phi) is 6.60. The molecule has 0 N–H and O–H groups in total. The first-order valence-corrected chi connectivity index (χ1v) is 11.4. The lowest BCUT2D eigenvalue weighted by atomic mass is 10.3. The summed E-state index contributed by atoms with van der Waals surface area (Å²) in [5, 5.41) is 7.69. The first-order valence-electron chi connectivity index (χ1n) is 9.23. The normalized spacial score (nSPS) is 18.0. The molecule has 0 saturated heterocycles. The number of anilines is 1. The molecule has 1 fully saturated rings. The van der Waals surface area contributed by atoms with Gasteiger partial charge in [0.2, 0.25) is 0 Å². The second-order valence-electron chi connectivity index (χ2n) is 6.95. The van der Waals surface area contributed by atoms with Gasteiger partial charge in [0.05, 0.1) is 23.8 Å². The third-order valence-electron chi connectivity index (χ3n) is 4.63. The number of nitrogens with zero attached hydrogens (tertiary/aromatic N) is 5. The lowest BCUT2D eigenvalue weighted by Crippen LogP contribution is -2.40. The number of sulfone groups is 1. The Labute approximate surface area is 182 Å². The smallest absolute Gasteiger partial charge is 0.277 e. The predicted octanol–water partition coefficient (Wildman–Crippen LogP) is 2.35. The number of pyridine rings is 1. The Balaban J connectivity index is 1.84. The minimum absolute atomic E-state index is 0.00343. The maximum atomic E-state index is 13.1. The number of carbonyl (C=O) groups excluding carboxylic acids is 1. The largest absolute Gasteiger partial charge is 0.399 e. The molecule has 1 aliphatic rings. The van der Waals surface area contributed by atoms with E-state index in [0.29, 0.717) is 5.69 Å². The number of aromatic nitrogens is 3. The summed E-state index contributed by atoms with van der Waals surface area (Å²) < 4.78 is 52.4. The predicted molar refractivity (Wildman–Crippen MR) is 111 cm³/mol. The fourth-order valence-electron chi connectivity index (χ4n) is 2.99. The van der Waals surface area contributed by atoms with Crippen LogP contribution in [0, 0.1) is 5.92 Å².